The van der Waals surface area contributed by atoms with Gasteiger partial charge in [-0.2, -0.15) is 5.10 Å². The fourth-order valence-electron chi connectivity index (χ4n) is 4.66. The van der Waals surface area contributed by atoms with Crippen molar-refractivity contribution in [3.8, 4) is 5.75 Å². The topological polar surface area (TPSA) is 74.1 Å². The molecule has 0 N–H and O–H groups in total. The zero-order chi connectivity index (χ0) is 27.7. The van der Waals surface area contributed by atoms with Crippen LogP contribution in [-0.2, 0) is 13.7 Å². The van der Waals surface area contributed by atoms with Gasteiger partial charge in [0.05, 0.1) is 5.52 Å². The molecule has 1 saturated carbocycles. The van der Waals surface area contributed by atoms with Crippen molar-refractivity contribution in [3.63, 3.8) is 0 Å². The van der Waals surface area contributed by atoms with Crippen molar-refractivity contribution >= 4 is 28.0 Å². The average Bonchev–Trinajstić information content (AvgIpc) is 3.26. The summed E-state index contributed by atoms with van der Waals surface area (Å²) >= 11 is 1.32. The molecule has 0 saturated heterocycles. The normalized spacial score (nSPS) is 16.6. The number of carbonyl (C=O) groups is 1. The van der Waals surface area contributed by atoms with Gasteiger partial charge < -0.3 is 4.74 Å². The van der Waals surface area contributed by atoms with Gasteiger partial charge in [0.15, 0.2) is 5.78 Å². The minimum absolute atomic E-state index is 0.0577. The number of aryl methyl sites for hydroxylation is 2. The molecule has 2 heterocycles. The van der Waals surface area contributed by atoms with E-state index in [1.54, 1.807) is 26.1 Å². The molecule has 0 amide bonds. The van der Waals surface area contributed by atoms with E-state index in [1.165, 1.54) is 41.7 Å². The monoisotopic (exact) mass is 533 g/mol. The Labute approximate surface area is 229 Å². The SMILES string of the molecule is CC.CC(=O)c1ccc(OCc2cc(C)nc3ccccc23)cc1.CC1CCCCC1c1nn(C)c(=O)s1. The van der Waals surface area contributed by atoms with Crippen molar-refractivity contribution in [2.24, 2.45) is 13.0 Å². The minimum Gasteiger partial charge on any atom is -0.489 e. The number of fused-ring (bicyclic) bond motifs is 1. The maximum atomic E-state index is 11.3. The maximum Gasteiger partial charge on any atom is 0.324 e. The number of ether oxygens (including phenoxy) is 1. The quantitative estimate of drug-likeness (QED) is 0.249. The summed E-state index contributed by atoms with van der Waals surface area (Å²) in [7, 11) is 1.73. The molecule has 4 aromatic rings. The summed E-state index contributed by atoms with van der Waals surface area (Å²) in [6, 6.07) is 17.3. The van der Waals surface area contributed by atoms with Gasteiger partial charge in [0, 0.05) is 35.2 Å². The van der Waals surface area contributed by atoms with Crippen LogP contribution in [0.4, 0.5) is 0 Å². The molecule has 1 fully saturated rings. The highest BCUT2D eigenvalue weighted by Crippen LogP contribution is 2.37. The Morgan fingerprint density at radius 2 is 1.76 bits per heavy atom. The second kappa shape index (κ2) is 14.0. The number of pyridine rings is 1. The lowest BCUT2D eigenvalue weighted by atomic mass is 9.81. The molecule has 2 atom stereocenters. The molecule has 202 valence electrons. The Morgan fingerprint density at radius 3 is 2.39 bits per heavy atom. The third kappa shape index (κ3) is 7.60. The van der Waals surface area contributed by atoms with Crippen LogP contribution in [0.25, 0.3) is 10.9 Å². The molecular weight excluding hydrogens is 494 g/mol. The molecule has 0 aliphatic heterocycles. The number of benzene rings is 2. The summed E-state index contributed by atoms with van der Waals surface area (Å²) in [4.78, 5) is 27.2. The fraction of sp³-hybridized carbons (Fsp3) is 0.419. The molecule has 6 nitrogen and oxygen atoms in total. The number of carbonyl (C=O) groups excluding carboxylic acids is 1. The lowest BCUT2D eigenvalue weighted by molar-refractivity contribution is 0.101. The third-order valence-corrected chi connectivity index (χ3v) is 7.75. The van der Waals surface area contributed by atoms with Gasteiger partial charge in [0.1, 0.15) is 17.4 Å². The summed E-state index contributed by atoms with van der Waals surface area (Å²) in [6.45, 7) is 10.3. The van der Waals surface area contributed by atoms with E-state index in [-0.39, 0.29) is 10.7 Å². The molecule has 2 unspecified atom stereocenters. The number of ketones is 1. The Morgan fingerprint density at radius 1 is 1.08 bits per heavy atom. The predicted molar refractivity (Wildman–Crippen MR) is 156 cm³/mol. The van der Waals surface area contributed by atoms with Crippen LogP contribution >= 0.6 is 11.3 Å². The molecule has 5 rings (SSSR count). The van der Waals surface area contributed by atoms with Gasteiger partial charge in [-0.25, -0.2) is 4.68 Å². The number of aromatic nitrogens is 3. The molecule has 0 radical (unpaired) electrons. The predicted octanol–water partition coefficient (Wildman–Crippen LogP) is 7.49. The minimum atomic E-state index is 0.0577. The second-order valence-corrected chi connectivity index (χ2v) is 10.5. The van der Waals surface area contributed by atoms with E-state index in [0.29, 0.717) is 24.0 Å². The largest absolute Gasteiger partial charge is 0.489 e. The van der Waals surface area contributed by atoms with Gasteiger partial charge in [-0.15, -0.1) is 0 Å². The highest BCUT2D eigenvalue weighted by molar-refractivity contribution is 7.09. The van der Waals surface area contributed by atoms with Crippen LogP contribution in [0.1, 0.15) is 85.9 Å². The summed E-state index contributed by atoms with van der Waals surface area (Å²) in [5.74, 6) is 2.03. The van der Waals surface area contributed by atoms with Crippen LogP contribution in [0, 0.1) is 12.8 Å². The summed E-state index contributed by atoms with van der Waals surface area (Å²) in [5, 5.41) is 6.46. The molecule has 2 aromatic heterocycles. The zero-order valence-corrected chi connectivity index (χ0v) is 24.2. The van der Waals surface area contributed by atoms with E-state index in [2.05, 4.69) is 23.1 Å². The lowest BCUT2D eigenvalue weighted by Gasteiger charge is -2.26. The summed E-state index contributed by atoms with van der Waals surface area (Å²) < 4.78 is 7.31. The lowest BCUT2D eigenvalue weighted by Crippen LogP contribution is -2.15. The van der Waals surface area contributed by atoms with Gasteiger partial charge in [-0.1, -0.05) is 69.6 Å². The Balaban J connectivity index is 0.000000215. The van der Waals surface area contributed by atoms with Crippen molar-refractivity contribution in [1.29, 1.82) is 0 Å². The Hall–Kier alpha value is -3.32. The first-order valence-corrected chi connectivity index (χ1v) is 14.3. The van der Waals surface area contributed by atoms with Crippen LogP contribution in [0.2, 0.25) is 0 Å². The van der Waals surface area contributed by atoms with Crippen LogP contribution in [-0.4, -0.2) is 20.5 Å². The van der Waals surface area contributed by atoms with Crippen molar-refractivity contribution < 1.29 is 9.53 Å². The first-order valence-electron chi connectivity index (χ1n) is 13.4. The van der Waals surface area contributed by atoms with Gasteiger partial charge in [0.25, 0.3) is 0 Å². The molecule has 2 aromatic carbocycles. The molecular formula is C31H39N3O3S. The van der Waals surface area contributed by atoms with E-state index in [0.717, 1.165) is 32.9 Å². The van der Waals surface area contributed by atoms with Crippen LogP contribution < -0.4 is 9.61 Å². The van der Waals surface area contributed by atoms with E-state index in [4.69, 9.17) is 4.74 Å². The van der Waals surface area contributed by atoms with Gasteiger partial charge in [0.2, 0.25) is 0 Å². The van der Waals surface area contributed by atoms with Gasteiger partial charge >= 0.3 is 4.87 Å². The van der Waals surface area contributed by atoms with Crippen molar-refractivity contribution in [3.05, 3.63) is 86.1 Å². The smallest absolute Gasteiger partial charge is 0.324 e. The average molecular weight is 534 g/mol. The fourth-order valence-corrected chi connectivity index (χ4v) is 5.68. The van der Waals surface area contributed by atoms with E-state index >= 15 is 0 Å². The third-order valence-electron chi connectivity index (χ3n) is 6.72. The van der Waals surface area contributed by atoms with Crippen LogP contribution in [0.3, 0.4) is 0 Å². The molecule has 1 aliphatic rings. The van der Waals surface area contributed by atoms with Crippen molar-refractivity contribution in [1.82, 2.24) is 14.8 Å². The number of para-hydroxylation sites is 1. The van der Waals surface area contributed by atoms with Crippen molar-refractivity contribution in [2.45, 2.75) is 72.8 Å². The maximum absolute atomic E-state index is 11.3. The molecule has 1 aliphatic carbocycles. The number of nitrogens with zero attached hydrogens (tertiary/aromatic N) is 3. The van der Waals surface area contributed by atoms with Crippen LogP contribution in [0.15, 0.2) is 59.4 Å². The second-order valence-electron chi connectivity index (χ2n) is 9.51. The highest BCUT2D eigenvalue weighted by Gasteiger charge is 2.26. The standard InChI is InChI=1S/C19H17NO2.C10H16N2OS.C2H6/c1-13-11-16(18-5-3-4-6-19(18)20-13)12-22-17-9-7-15(8-10-17)14(2)21;1-7-5-3-4-6-8(7)9-11-12(2)10(13)14-9;1-2/h3-11H,12H2,1-2H3;7-8H,3-6H2,1-2H3;1-2H3. The number of hydrogen-bond acceptors (Lipinski definition) is 6. The molecule has 0 bridgehead atoms. The molecule has 38 heavy (non-hydrogen) atoms. The first-order chi connectivity index (χ1) is 18.3. The molecule has 0 spiro atoms. The number of hydrogen-bond donors (Lipinski definition) is 0. The zero-order valence-electron chi connectivity index (χ0n) is 23.4. The van der Waals surface area contributed by atoms with E-state index in [1.807, 2.05) is 57.2 Å². The van der Waals surface area contributed by atoms with E-state index in [9.17, 15) is 9.59 Å². The first kappa shape index (κ1) is 29.2. The van der Waals surface area contributed by atoms with Gasteiger partial charge in [-0.3, -0.25) is 14.6 Å². The van der Waals surface area contributed by atoms with Gasteiger partial charge in [-0.05, 0) is 62.6 Å². The van der Waals surface area contributed by atoms with Crippen LogP contribution in [0.5, 0.6) is 5.75 Å². The number of rotatable bonds is 5. The van der Waals surface area contributed by atoms with Crippen molar-refractivity contribution in [2.75, 3.05) is 0 Å². The summed E-state index contributed by atoms with van der Waals surface area (Å²) in [5.41, 5.74) is 3.76. The Bertz CT molecular complexity index is 1390. The Kier molecular flexibility index (Phi) is 10.8. The highest BCUT2D eigenvalue weighted by atomic mass is 32.1. The summed E-state index contributed by atoms with van der Waals surface area (Å²) in [6.07, 6.45) is 5.10. The molecule has 7 heteroatoms. The van der Waals surface area contributed by atoms with E-state index < -0.39 is 0 Å². The number of Topliss-reactive ketones (excluding diaryl/α,β-unsaturated/α-hetero) is 1.